The second kappa shape index (κ2) is 10.6. The highest BCUT2D eigenvalue weighted by atomic mass is 79.9. The van der Waals surface area contributed by atoms with E-state index in [4.69, 9.17) is 18.9 Å². The molecule has 0 saturated heterocycles. The molecule has 0 aliphatic heterocycles. The number of benzene rings is 2. The van der Waals surface area contributed by atoms with Crippen LogP contribution < -0.4 is 29.7 Å². The molecule has 0 fully saturated rings. The predicted molar refractivity (Wildman–Crippen MR) is 137 cm³/mol. The number of carbonyl (C=O) groups excluding carboxylic acids is 1. The van der Waals surface area contributed by atoms with Crippen molar-refractivity contribution in [2.24, 2.45) is 0 Å². The highest BCUT2D eigenvalue weighted by molar-refractivity contribution is 9.10. The van der Waals surface area contributed by atoms with Gasteiger partial charge in [0.2, 0.25) is 11.2 Å². The number of carbonyl (C=O) groups is 1. The fraction of sp³-hybridized carbons (Fsp3) is 0.259. The highest BCUT2D eigenvalue weighted by Gasteiger charge is 2.32. The molecule has 1 atom stereocenters. The Bertz CT molecular complexity index is 1390. The number of amides is 1. The van der Waals surface area contributed by atoms with Gasteiger partial charge in [-0.3, -0.25) is 9.59 Å². The SMILES string of the molecule is COc1c(Br)c2c(c(OC)c1OC)-c1ccc(OC)c(=O)cc1[C@@H](NC(=O)c1ccccc1F)CC2. The zero-order valence-electron chi connectivity index (χ0n) is 20.2. The van der Waals surface area contributed by atoms with Crippen LogP contribution in [0.4, 0.5) is 4.39 Å². The van der Waals surface area contributed by atoms with Gasteiger partial charge >= 0.3 is 0 Å². The molecule has 3 aromatic carbocycles. The Morgan fingerprint density at radius 3 is 2.31 bits per heavy atom. The van der Waals surface area contributed by atoms with Gasteiger partial charge in [0.25, 0.3) is 5.91 Å². The van der Waals surface area contributed by atoms with E-state index in [0.717, 1.165) is 5.56 Å². The first-order valence-corrected chi connectivity index (χ1v) is 11.9. The van der Waals surface area contributed by atoms with Gasteiger partial charge in [-0.1, -0.05) is 18.2 Å². The van der Waals surface area contributed by atoms with Gasteiger partial charge in [-0.05, 0) is 69.7 Å². The van der Waals surface area contributed by atoms with Crippen molar-refractivity contribution in [2.45, 2.75) is 18.9 Å². The molecular formula is C27H25BrFNO6. The van der Waals surface area contributed by atoms with Gasteiger partial charge in [-0.2, -0.15) is 0 Å². The molecule has 3 aromatic rings. The van der Waals surface area contributed by atoms with Gasteiger partial charge < -0.3 is 24.3 Å². The molecular weight excluding hydrogens is 533 g/mol. The molecule has 1 aliphatic carbocycles. The first-order chi connectivity index (χ1) is 17.4. The summed E-state index contributed by atoms with van der Waals surface area (Å²) in [5, 5.41) is 2.92. The molecule has 1 amide bonds. The number of rotatable bonds is 6. The first kappa shape index (κ1) is 25.5. The van der Waals surface area contributed by atoms with E-state index < -0.39 is 17.8 Å². The summed E-state index contributed by atoms with van der Waals surface area (Å²) in [5.74, 6) is 0.199. The van der Waals surface area contributed by atoms with Gasteiger partial charge in [-0.15, -0.1) is 0 Å². The first-order valence-electron chi connectivity index (χ1n) is 11.1. The zero-order chi connectivity index (χ0) is 26.0. The summed E-state index contributed by atoms with van der Waals surface area (Å²) in [7, 11) is 5.98. The Kier molecular flexibility index (Phi) is 7.49. The number of methoxy groups -OCH3 is 4. The summed E-state index contributed by atoms with van der Waals surface area (Å²) in [6.45, 7) is 0. The van der Waals surface area contributed by atoms with Crippen LogP contribution >= 0.6 is 15.9 Å². The standard InChI is InChI=1S/C27H25BrFNO6/c1-33-21-12-10-14-17(13-20(21)31)19(30-27(32)15-7-5-6-8-18(15)29)11-9-16-22(14)24(34-2)26(36-4)25(35-3)23(16)28/h5-8,10,12-13,19H,9,11H2,1-4H3,(H,30,32)/t19-/m0/s1. The van der Waals surface area contributed by atoms with Gasteiger partial charge in [0.05, 0.1) is 44.5 Å². The predicted octanol–water partition coefficient (Wildman–Crippen LogP) is 5.07. The number of nitrogens with one attached hydrogen (secondary N) is 1. The topological polar surface area (TPSA) is 83.1 Å². The van der Waals surface area contributed by atoms with Crippen molar-refractivity contribution in [3.8, 4) is 34.1 Å². The van der Waals surface area contributed by atoms with E-state index in [1.807, 2.05) is 0 Å². The van der Waals surface area contributed by atoms with Crippen LogP contribution in [0.3, 0.4) is 0 Å². The summed E-state index contributed by atoms with van der Waals surface area (Å²) >= 11 is 3.66. The number of fused-ring (bicyclic) bond motifs is 3. The zero-order valence-corrected chi connectivity index (χ0v) is 21.8. The normalized spacial score (nSPS) is 14.1. The van der Waals surface area contributed by atoms with Crippen LogP contribution in [0.25, 0.3) is 11.1 Å². The van der Waals surface area contributed by atoms with Gasteiger partial charge in [-0.25, -0.2) is 4.39 Å². The average molecular weight is 558 g/mol. The monoisotopic (exact) mass is 557 g/mol. The molecule has 0 heterocycles. The average Bonchev–Trinajstić information content (AvgIpc) is 3.13. The van der Waals surface area contributed by atoms with Crippen molar-refractivity contribution in [1.29, 1.82) is 0 Å². The lowest BCUT2D eigenvalue weighted by Crippen LogP contribution is -2.29. The molecule has 7 nitrogen and oxygen atoms in total. The second-order valence-electron chi connectivity index (χ2n) is 8.09. The largest absolute Gasteiger partial charge is 0.493 e. The fourth-order valence-corrected chi connectivity index (χ4v) is 5.31. The molecule has 0 unspecified atom stereocenters. The third kappa shape index (κ3) is 4.39. The molecule has 0 radical (unpaired) electrons. The minimum Gasteiger partial charge on any atom is -0.493 e. The fourth-order valence-electron chi connectivity index (χ4n) is 4.57. The Morgan fingerprint density at radius 2 is 1.67 bits per heavy atom. The lowest BCUT2D eigenvalue weighted by Gasteiger charge is -2.21. The van der Waals surface area contributed by atoms with Crippen LogP contribution in [-0.4, -0.2) is 34.3 Å². The number of hydrogen-bond acceptors (Lipinski definition) is 6. The van der Waals surface area contributed by atoms with E-state index in [2.05, 4.69) is 21.2 Å². The summed E-state index contributed by atoms with van der Waals surface area (Å²) in [4.78, 5) is 26.0. The maximum absolute atomic E-state index is 14.3. The molecule has 0 saturated carbocycles. The number of hydrogen-bond donors (Lipinski definition) is 1. The summed E-state index contributed by atoms with van der Waals surface area (Å²) < 4.78 is 37.3. The van der Waals surface area contributed by atoms with E-state index in [9.17, 15) is 14.0 Å². The maximum atomic E-state index is 14.3. The third-order valence-electron chi connectivity index (χ3n) is 6.23. The molecule has 0 spiro atoms. The molecule has 36 heavy (non-hydrogen) atoms. The molecule has 9 heteroatoms. The Balaban J connectivity index is 1.99. The van der Waals surface area contributed by atoms with E-state index in [1.165, 1.54) is 52.7 Å². The van der Waals surface area contributed by atoms with Crippen molar-refractivity contribution in [3.05, 3.63) is 79.7 Å². The van der Waals surface area contributed by atoms with Crippen LogP contribution in [-0.2, 0) is 6.42 Å². The van der Waals surface area contributed by atoms with Crippen LogP contribution in [0.5, 0.6) is 23.0 Å². The van der Waals surface area contributed by atoms with Crippen LogP contribution in [0.1, 0.15) is 33.9 Å². The quantitative estimate of drug-likeness (QED) is 0.455. The summed E-state index contributed by atoms with van der Waals surface area (Å²) in [6, 6.07) is 9.92. The van der Waals surface area contributed by atoms with E-state index in [1.54, 1.807) is 18.2 Å². The number of halogens is 2. The van der Waals surface area contributed by atoms with E-state index >= 15 is 0 Å². The van der Waals surface area contributed by atoms with Gasteiger partial charge in [0.1, 0.15) is 5.82 Å². The Hall–Kier alpha value is -3.59. The third-order valence-corrected chi connectivity index (χ3v) is 7.07. The van der Waals surface area contributed by atoms with Crippen molar-refractivity contribution in [2.75, 3.05) is 28.4 Å². The summed E-state index contributed by atoms with van der Waals surface area (Å²) in [5.41, 5.74) is 2.29. The Labute approximate surface area is 216 Å². The van der Waals surface area contributed by atoms with Crippen molar-refractivity contribution in [1.82, 2.24) is 5.32 Å². The van der Waals surface area contributed by atoms with Crippen LogP contribution in [0.15, 0.2) is 51.7 Å². The number of ether oxygens (including phenoxy) is 4. The second-order valence-corrected chi connectivity index (χ2v) is 8.88. The Morgan fingerprint density at radius 1 is 0.972 bits per heavy atom. The maximum Gasteiger partial charge on any atom is 0.254 e. The smallest absolute Gasteiger partial charge is 0.254 e. The van der Waals surface area contributed by atoms with Crippen LogP contribution in [0, 0.1) is 5.82 Å². The molecule has 0 aromatic heterocycles. The van der Waals surface area contributed by atoms with Crippen molar-refractivity contribution in [3.63, 3.8) is 0 Å². The minimum absolute atomic E-state index is 0.0804. The van der Waals surface area contributed by atoms with E-state index in [-0.39, 0.29) is 16.7 Å². The molecule has 4 rings (SSSR count). The summed E-state index contributed by atoms with van der Waals surface area (Å²) in [6.07, 6.45) is 0.905. The highest BCUT2D eigenvalue weighted by Crippen LogP contribution is 2.54. The van der Waals surface area contributed by atoms with Crippen molar-refractivity contribution >= 4 is 21.8 Å². The molecule has 1 aliphatic rings. The van der Waals surface area contributed by atoms with Crippen LogP contribution in [0.2, 0.25) is 0 Å². The molecule has 188 valence electrons. The van der Waals surface area contributed by atoms with Crippen molar-refractivity contribution < 1.29 is 28.1 Å². The molecule has 0 bridgehead atoms. The van der Waals surface area contributed by atoms with Gasteiger partial charge in [0, 0.05) is 5.56 Å². The molecule has 1 N–H and O–H groups in total. The lowest BCUT2D eigenvalue weighted by atomic mass is 9.95. The lowest BCUT2D eigenvalue weighted by molar-refractivity contribution is 0.0931. The van der Waals surface area contributed by atoms with E-state index in [0.29, 0.717) is 51.3 Å². The van der Waals surface area contributed by atoms with Gasteiger partial charge in [0.15, 0.2) is 17.2 Å². The minimum atomic E-state index is -0.629.